The number of esters is 1. The molecular formula is C16H16O3. The van der Waals surface area contributed by atoms with Gasteiger partial charge in [0, 0.05) is 6.42 Å². The van der Waals surface area contributed by atoms with Gasteiger partial charge in [-0.2, -0.15) is 0 Å². The maximum atomic E-state index is 11.9. The largest absolute Gasteiger partial charge is 0.456 e. The fourth-order valence-corrected chi connectivity index (χ4v) is 1.81. The molecule has 0 bridgehead atoms. The third-order valence-corrected chi connectivity index (χ3v) is 2.79. The van der Waals surface area contributed by atoms with Crippen molar-refractivity contribution in [3.63, 3.8) is 0 Å². The summed E-state index contributed by atoms with van der Waals surface area (Å²) in [6.07, 6.45) is -0.00859. The van der Waals surface area contributed by atoms with Crippen molar-refractivity contribution in [1.82, 2.24) is 0 Å². The number of rotatable bonds is 5. The van der Waals surface area contributed by atoms with Crippen molar-refractivity contribution < 1.29 is 14.6 Å². The first-order valence-corrected chi connectivity index (χ1v) is 6.20. The third kappa shape index (κ3) is 3.93. The van der Waals surface area contributed by atoms with Crippen molar-refractivity contribution in [3.8, 4) is 0 Å². The average Bonchev–Trinajstić information content (AvgIpc) is 2.48. The highest BCUT2D eigenvalue weighted by molar-refractivity contribution is 5.89. The highest BCUT2D eigenvalue weighted by Gasteiger charge is 2.15. The number of aliphatic hydroxyl groups is 1. The van der Waals surface area contributed by atoms with Gasteiger partial charge in [-0.15, -0.1) is 0 Å². The highest BCUT2D eigenvalue weighted by atomic mass is 16.6. The van der Waals surface area contributed by atoms with E-state index >= 15 is 0 Å². The number of benzene rings is 2. The lowest BCUT2D eigenvalue weighted by Gasteiger charge is -2.15. The second-order valence-electron chi connectivity index (χ2n) is 4.27. The zero-order valence-corrected chi connectivity index (χ0v) is 10.5. The number of carbonyl (C=O) groups is 1. The molecule has 0 spiro atoms. The van der Waals surface area contributed by atoms with E-state index < -0.39 is 12.1 Å². The van der Waals surface area contributed by atoms with Crippen molar-refractivity contribution in [2.24, 2.45) is 0 Å². The summed E-state index contributed by atoms with van der Waals surface area (Å²) >= 11 is 0. The fourth-order valence-electron chi connectivity index (χ4n) is 1.81. The van der Waals surface area contributed by atoms with Gasteiger partial charge in [-0.05, 0) is 17.7 Å². The molecule has 2 aromatic rings. The van der Waals surface area contributed by atoms with Crippen molar-refractivity contribution in [1.29, 1.82) is 0 Å². The van der Waals surface area contributed by atoms with Gasteiger partial charge in [0.15, 0.2) is 0 Å². The summed E-state index contributed by atoms with van der Waals surface area (Å²) < 4.78 is 5.30. The van der Waals surface area contributed by atoms with Crippen molar-refractivity contribution in [2.45, 2.75) is 12.5 Å². The van der Waals surface area contributed by atoms with Crippen LogP contribution in [0.25, 0.3) is 0 Å². The first-order valence-electron chi connectivity index (χ1n) is 6.20. The molecule has 3 nitrogen and oxygen atoms in total. The molecule has 0 radical (unpaired) electrons. The molecule has 3 heteroatoms. The van der Waals surface area contributed by atoms with Gasteiger partial charge >= 0.3 is 5.97 Å². The van der Waals surface area contributed by atoms with Crippen LogP contribution in [0.4, 0.5) is 0 Å². The van der Waals surface area contributed by atoms with Crippen molar-refractivity contribution in [2.75, 3.05) is 6.61 Å². The molecule has 0 amide bonds. The first kappa shape index (κ1) is 13.3. The van der Waals surface area contributed by atoms with Gasteiger partial charge in [-0.3, -0.25) is 0 Å². The van der Waals surface area contributed by atoms with Crippen LogP contribution in [0.5, 0.6) is 0 Å². The molecule has 0 saturated heterocycles. The topological polar surface area (TPSA) is 46.5 Å². The first-order chi connectivity index (χ1) is 9.29. The van der Waals surface area contributed by atoms with E-state index in [-0.39, 0.29) is 6.61 Å². The molecule has 1 N–H and O–H groups in total. The second kappa shape index (κ2) is 6.71. The van der Waals surface area contributed by atoms with Crippen LogP contribution in [0.15, 0.2) is 60.7 Å². The van der Waals surface area contributed by atoms with Gasteiger partial charge in [0.1, 0.15) is 6.10 Å². The maximum Gasteiger partial charge on any atom is 0.338 e. The van der Waals surface area contributed by atoms with Gasteiger partial charge < -0.3 is 9.84 Å². The minimum absolute atomic E-state index is 0.187. The second-order valence-corrected chi connectivity index (χ2v) is 4.27. The van der Waals surface area contributed by atoms with Gasteiger partial charge in [-0.1, -0.05) is 48.5 Å². The smallest absolute Gasteiger partial charge is 0.338 e. The Hall–Kier alpha value is -2.13. The quantitative estimate of drug-likeness (QED) is 0.836. The summed E-state index contributed by atoms with van der Waals surface area (Å²) in [7, 11) is 0. The normalized spacial score (nSPS) is 11.8. The summed E-state index contributed by atoms with van der Waals surface area (Å²) in [5.41, 5.74) is 1.52. The number of hydrogen-bond donors (Lipinski definition) is 1. The summed E-state index contributed by atoms with van der Waals surface area (Å²) in [5.74, 6) is -0.407. The Morgan fingerprint density at radius 1 is 1.00 bits per heavy atom. The lowest BCUT2D eigenvalue weighted by Crippen LogP contribution is -2.24. The summed E-state index contributed by atoms with van der Waals surface area (Å²) in [4.78, 5) is 11.9. The van der Waals surface area contributed by atoms with E-state index in [4.69, 9.17) is 4.74 Å². The third-order valence-electron chi connectivity index (χ3n) is 2.79. The molecular weight excluding hydrogens is 240 g/mol. The minimum Gasteiger partial charge on any atom is -0.456 e. The molecule has 2 aromatic carbocycles. The average molecular weight is 256 g/mol. The molecule has 98 valence electrons. The zero-order valence-electron chi connectivity index (χ0n) is 10.5. The van der Waals surface area contributed by atoms with Gasteiger partial charge in [0.05, 0.1) is 12.2 Å². The molecule has 0 aromatic heterocycles. The molecule has 1 atom stereocenters. The highest BCUT2D eigenvalue weighted by Crippen LogP contribution is 2.09. The SMILES string of the molecule is O=C(O[C@@H](CO)Cc1ccccc1)c1ccccc1. The molecule has 0 aliphatic carbocycles. The molecule has 2 rings (SSSR count). The van der Waals surface area contributed by atoms with E-state index in [1.165, 1.54) is 0 Å². The summed E-state index contributed by atoms with van der Waals surface area (Å²) in [5, 5.41) is 9.31. The van der Waals surface area contributed by atoms with Crippen LogP contribution in [0.3, 0.4) is 0 Å². The summed E-state index contributed by atoms with van der Waals surface area (Å²) in [6, 6.07) is 18.4. The standard InChI is InChI=1S/C16H16O3/c17-12-15(11-13-7-3-1-4-8-13)19-16(18)14-9-5-2-6-10-14/h1-10,15,17H,11-12H2/t15-/m1/s1. The summed E-state index contributed by atoms with van der Waals surface area (Å²) in [6.45, 7) is -0.187. The van der Waals surface area contributed by atoms with Crippen molar-refractivity contribution >= 4 is 5.97 Å². The fraction of sp³-hybridized carbons (Fsp3) is 0.188. The molecule has 0 aliphatic rings. The molecule has 0 fully saturated rings. The lowest BCUT2D eigenvalue weighted by molar-refractivity contribution is 0.0142. The Kier molecular flexibility index (Phi) is 4.70. The number of ether oxygens (including phenoxy) is 1. The van der Waals surface area contributed by atoms with E-state index in [1.807, 2.05) is 36.4 Å². The number of hydrogen-bond acceptors (Lipinski definition) is 3. The number of carbonyl (C=O) groups excluding carboxylic acids is 1. The Morgan fingerprint density at radius 2 is 1.58 bits per heavy atom. The van der Waals surface area contributed by atoms with Crippen LogP contribution in [0.1, 0.15) is 15.9 Å². The molecule has 0 aliphatic heterocycles. The Bertz CT molecular complexity index is 508. The molecule has 19 heavy (non-hydrogen) atoms. The van der Waals surface area contributed by atoms with Gasteiger partial charge in [0.2, 0.25) is 0 Å². The van der Waals surface area contributed by atoms with Gasteiger partial charge in [0.25, 0.3) is 0 Å². The minimum atomic E-state index is -0.518. The Labute approximate surface area is 112 Å². The predicted molar refractivity (Wildman–Crippen MR) is 72.9 cm³/mol. The van der Waals surface area contributed by atoms with Crippen LogP contribution < -0.4 is 0 Å². The van der Waals surface area contributed by atoms with Crippen LogP contribution in [0, 0.1) is 0 Å². The predicted octanol–water partition coefficient (Wildman–Crippen LogP) is 2.45. The lowest BCUT2D eigenvalue weighted by atomic mass is 10.1. The van der Waals surface area contributed by atoms with Gasteiger partial charge in [-0.25, -0.2) is 4.79 Å². The van der Waals surface area contributed by atoms with Crippen LogP contribution in [0.2, 0.25) is 0 Å². The van der Waals surface area contributed by atoms with E-state index in [2.05, 4.69) is 0 Å². The van der Waals surface area contributed by atoms with Crippen molar-refractivity contribution in [3.05, 3.63) is 71.8 Å². The van der Waals surface area contributed by atoms with Crippen LogP contribution >= 0.6 is 0 Å². The monoisotopic (exact) mass is 256 g/mol. The molecule has 0 unspecified atom stereocenters. The van der Waals surface area contributed by atoms with E-state index in [0.29, 0.717) is 12.0 Å². The Balaban J connectivity index is 1.98. The molecule has 0 heterocycles. The maximum absolute atomic E-state index is 11.9. The van der Waals surface area contributed by atoms with Crippen LogP contribution in [-0.4, -0.2) is 23.8 Å². The molecule has 0 saturated carbocycles. The van der Waals surface area contributed by atoms with E-state index in [1.54, 1.807) is 24.3 Å². The van der Waals surface area contributed by atoms with E-state index in [9.17, 15) is 9.90 Å². The zero-order chi connectivity index (χ0) is 13.5. The van der Waals surface area contributed by atoms with E-state index in [0.717, 1.165) is 5.56 Å². The Morgan fingerprint density at radius 3 is 2.16 bits per heavy atom. The number of aliphatic hydroxyl groups excluding tert-OH is 1. The van der Waals surface area contributed by atoms with Crippen LogP contribution in [-0.2, 0) is 11.2 Å².